The van der Waals surface area contributed by atoms with Gasteiger partial charge < -0.3 is 0 Å². The van der Waals surface area contributed by atoms with E-state index in [1.54, 1.807) is 0 Å². The van der Waals surface area contributed by atoms with Crippen LogP contribution in [0.4, 0.5) is 0 Å². The molecule has 0 spiro atoms. The van der Waals surface area contributed by atoms with Crippen LogP contribution in [-0.4, -0.2) is 5.78 Å². The van der Waals surface area contributed by atoms with E-state index in [0.717, 1.165) is 18.4 Å². The normalized spacial score (nSPS) is 17.6. The molecule has 1 heteroatoms. The van der Waals surface area contributed by atoms with E-state index in [0.29, 0.717) is 11.7 Å². The summed E-state index contributed by atoms with van der Waals surface area (Å²) in [5, 5.41) is 0. The molecule has 16 heavy (non-hydrogen) atoms. The lowest BCUT2D eigenvalue weighted by molar-refractivity contribution is -0.127. The van der Waals surface area contributed by atoms with Crippen molar-refractivity contribution < 1.29 is 4.79 Å². The Morgan fingerprint density at radius 2 is 1.69 bits per heavy atom. The van der Waals surface area contributed by atoms with Crippen molar-refractivity contribution in [2.75, 3.05) is 0 Å². The monoisotopic (exact) mass is 216 g/mol. The topological polar surface area (TPSA) is 17.1 Å². The van der Waals surface area contributed by atoms with Gasteiger partial charge in [0.25, 0.3) is 0 Å². The van der Waals surface area contributed by atoms with Gasteiger partial charge in [0.2, 0.25) is 0 Å². The summed E-state index contributed by atoms with van der Waals surface area (Å²) < 4.78 is 0. The maximum atomic E-state index is 12.5. The Labute approximate surface area is 97.9 Å². The summed E-state index contributed by atoms with van der Waals surface area (Å²) in [6.07, 6.45) is 4.63. The maximum Gasteiger partial charge on any atom is 0.145 e. The molecule has 0 unspecified atom stereocenters. The summed E-state index contributed by atoms with van der Waals surface area (Å²) in [7, 11) is 0. The zero-order valence-electron chi connectivity index (χ0n) is 10.2. The highest BCUT2D eigenvalue weighted by molar-refractivity contribution is 5.91. The second-order valence-corrected chi connectivity index (χ2v) is 5.34. The summed E-state index contributed by atoms with van der Waals surface area (Å²) in [4.78, 5) is 12.5. The first kappa shape index (κ1) is 11.4. The first-order valence-electron chi connectivity index (χ1n) is 6.22. The fourth-order valence-corrected chi connectivity index (χ4v) is 2.70. The minimum absolute atomic E-state index is 0.301. The molecule has 1 saturated carbocycles. The van der Waals surface area contributed by atoms with Crippen LogP contribution in [0, 0.1) is 5.92 Å². The minimum atomic E-state index is -0.323. The lowest BCUT2D eigenvalue weighted by atomic mass is 9.75. The fourth-order valence-electron chi connectivity index (χ4n) is 2.70. The SMILES string of the molecule is CC(C)(C(=O)C1CCCC1)c1ccccc1. The van der Waals surface area contributed by atoms with Crippen molar-refractivity contribution in [2.45, 2.75) is 44.9 Å². The summed E-state index contributed by atoms with van der Waals surface area (Å²) >= 11 is 0. The van der Waals surface area contributed by atoms with Gasteiger partial charge in [-0.2, -0.15) is 0 Å². The third-order valence-electron chi connectivity index (χ3n) is 3.84. The number of rotatable bonds is 3. The van der Waals surface area contributed by atoms with Crippen LogP contribution in [0.3, 0.4) is 0 Å². The Hall–Kier alpha value is -1.11. The summed E-state index contributed by atoms with van der Waals surface area (Å²) in [6.45, 7) is 4.12. The number of benzene rings is 1. The van der Waals surface area contributed by atoms with Crippen LogP contribution >= 0.6 is 0 Å². The molecule has 0 atom stereocenters. The van der Waals surface area contributed by atoms with Gasteiger partial charge in [-0.1, -0.05) is 43.2 Å². The zero-order chi connectivity index (χ0) is 11.6. The number of carbonyl (C=O) groups is 1. The van der Waals surface area contributed by atoms with E-state index in [4.69, 9.17) is 0 Å². The lowest BCUT2D eigenvalue weighted by Gasteiger charge is -2.26. The molecule has 0 bridgehead atoms. The molecule has 1 aromatic carbocycles. The van der Waals surface area contributed by atoms with E-state index in [2.05, 4.69) is 26.0 Å². The van der Waals surface area contributed by atoms with Crippen LogP contribution in [0.25, 0.3) is 0 Å². The second-order valence-electron chi connectivity index (χ2n) is 5.34. The molecule has 1 aliphatic carbocycles. The number of Topliss-reactive ketones (excluding diaryl/α,β-unsaturated/α-hetero) is 1. The Morgan fingerprint density at radius 1 is 1.12 bits per heavy atom. The molecule has 0 saturated heterocycles. The van der Waals surface area contributed by atoms with Crippen molar-refractivity contribution in [2.24, 2.45) is 5.92 Å². The molecule has 0 radical (unpaired) electrons. The van der Waals surface area contributed by atoms with E-state index >= 15 is 0 Å². The Kier molecular flexibility index (Phi) is 3.13. The molecule has 2 rings (SSSR count). The van der Waals surface area contributed by atoms with Gasteiger partial charge in [0.1, 0.15) is 5.78 Å². The smallest absolute Gasteiger partial charge is 0.145 e. The van der Waals surface area contributed by atoms with Crippen LogP contribution in [0.5, 0.6) is 0 Å². The molecule has 86 valence electrons. The van der Waals surface area contributed by atoms with Gasteiger partial charge in [-0.25, -0.2) is 0 Å². The molecule has 0 aromatic heterocycles. The molecular formula is C15H20O. The number of hydrogen-bond acceptors (Lipinski definition) is 1. The predicted octanol–water partition coefficient (Wildman–Crippen LogP) is 3.72. The average molecular weight is 216 g/mol. The standard InChI is InChI=1S/C15H20O/c1-15(2,13-10-4-3-5-11-13)14(16)12-8-6-7-9-12/h3-5,10-12H,6-9H2,1-2H3. The highest BCUT2D eigenvalue weighted by atomic mass is 16.1. The minimum Gasteiger partial charge on any atom is -0.298 e. The van der Waals surface area contributed by atoms with Gasteiger partial charge in [-0.3, -0.25) is 4.79 Å². The molecular weight excluding hydrogens is 196 g/mol. The van der Waals surface area contributed by atoms with Gasteiger partial charge in [0.05, 0.1) is 0 Å². The average Bonchev–Trinajstić information content (AvgIpc) is 2.82. The Morgan fingerprint density at radius 3 is 2.25 bits per heavy atom. The highest BCUT2D eigenvalue weighted by Crippen LogP contribution is 2.34. The van der Waals surface area contributed by atoms with Crippen LogP contribution in [0.1, 0.15) is 45.1 Å². The van der Waals surface area contributed by atoms with E-state index < -0.39 is 0 Å². The van der Waals surface area contributed by atoms with Crippen molar-refractivity contribution in [3.05, 3.63) is 35.9 Å². The lowest BCUT2D eigenvalue weighted by Crippen LogP contribution is -2.33. The molecule has 1 fully saturated rings. The number of ketones is 1. The van der Waals surface area contributed by atoms with E-state index in [1.807, 2.05) is 18.2 Å². The van der Waals surface area contributed by atoms with Gasteiger partial charge in [-0.05, 0) is 32.3 Å². The summed E-state index contributed by atoms with van der Waals surface area (Å²) in [5.41, 5.74) is 0.822. The predicted molar refractivity (Wildman–Crippen MR) is 66.4 cm³/mol. The first-order valence-corrected chi connectivity index (χ1v) is 6.22. The first-order chi connectivity index (χ1) is 7.62. The molecule has 0 N–H and O–H groups in total. The van der Waals surface area contributed by atoms with Gasteiger partial charge in [0.15, 0.2) is 0 Å². The Balaban J connectivity index is 2.21. The van der Waals surface area contributed by atoms with Crippen molar-refractivity contribution in [1.29, 1.82) is 0 Å². The second kappa shape index (κ2) is 4.40. The van der Waals surface area contributed by atoms with Crippen LogP contribution < -0.4 is 0 Å². The van der Waals surface area contributed by atoms with Crippen LogP contribution in [-0.2, 0) is 10.2 Å². The molecule has 1 aliphatic rings. The zero-order valence-corrected chi connectivity index (χ0v) is 10.2. The number of hydrogen-bond donors (Lipinski definition) is 0. The van der Waals surface area contributed by atoms with Crippen LogP contribution in [0.15, 0.2) is 30.3 Å². The van der Waals surface area contributed by atoms with Crippen LogP contribution in [0.2, 0.25) is 0 Å². The molecule has 1 nitrogen and oxygen atoms in total. The summed E-state index contributed by atoms with van der Waals surface area (Å²) in [6, 6.07) is 10.2. The fraction of sp³-hybridized carbons (Fsp3) is 0.533. The summed E-state index contributed by atoms with van der Waals surface area (Å²) in [5.74, 6) is 0.728. The van der Waals surface area contributed by atoms with E-state index in [1.165, 1.54) is 12.8 Å². The third-order valence-corrected chi connectivity index (χ3v) is 3.84. The molecule has 0 heterocycles. The number of carbonyl (C=O) groups excluding carboxylic acids is 1. The van der Waals surface area contributed by atoms with Crippen molar-refractivity contribution >= 4 is 5.78 Å². The van der Waals surface area contributed by atoms with Crippen molar-refractivity contribution in [1.82, 2.24) is 0 Å². The quantitative estimate of drug-likeness (QED) is 0.752. The van der Waals surface area contributed by atoms with Gasteiger partial charge >= 0.3 is 0 Å². The van der Waals surface area contributed by atoms with Gasteiger partial charge in [0, 0.05) is 11.3 Å². The highest BCUT2D eigenvalue weighted by Gasteiger charge is 2.35. The van der Waals surface area contributed by atoms with Crippen molar-refractivity contribution in [3.8, 4) is 0 Å². The van der Waals surface area contributed by atoms with Crippen molar-refractivity contribution in [3.63, 3.8) is 0 Å². The molecule has 0 aliphatic heterocycles. The maximum absolute atomic E-state index is 12.5. The molecule has 1 aromatic rings. The largest absolute Gasteiger partial charge is 0.298 e. The Bertz CT molecular complexity index is 358. The molecule has 0 amide bonds. The third kappa shape index (κ3) is 2.04. The van der Waals surface area contributed by atoms with E-state index in [-0.39, 0.29) is 5.41 Å². The van der Waals surface area contributed by atoms with Gasteiger partial charge in [-0.15, -0.1) is 0 Å². The van der Waals surface area contributed by atoms with E-state index in [9.17, 15) is 4.79 Å².